The number of aromatic nitrogens is 4. The van der Waals surface area contributed by atoms with Crippen LogP contribution >= 0.6 is 12.2 Å². The lowest BCUT2D eigenvalue weighted by Crippen LogP contribution is -2.15. The molecule has 0 aromatic carbocycles. The van der Waals surface area contributed by atoms with E-state index in [1.165, 1.54) is 0 Å². The average molecular weight is 262 g/mol. The predicted octanol–water partition coefficient (Wildman–Crippen LogP) is 0.499. The summed E-state index contributed by atoms with van der Waals surface area (Å²) in [5.74, 6) is 1.53. The number of imidazole rings is 1. The van der Waals surface area contributed by atoms with Crippen molar-refractivity contribution in [3.05, 3.63) is 36.2 Å². The van der Waals surface area contributed by atoms with Gasteiger partial charge in [0.15, 0.2) is 0 Å². The molecule has 0 spiro atoms. The summed E-state index contributed by atoms with van der Waals surface area (Å²) >= 11 is 4.86. The molecule has 0 aliphatic heterocycles. The van der Waals surface area contributed by atoms with Crippen molar-refractivity contribution < 1.29 is 0 Å². The van der Waals surface area contributed by atoms with Crippen LogP contribution in [0.25, 0.3) is 0 Å². The van der Waals surface area contributed by atoms with Crippen LogP contribution in [-0.4, -0.2) is 31.1 Å². The number of anilines is 1. The number of nitrogens with two attached hydrogens (primary N) is 1. The Morgan fingerprint density at radius 3 is 2.94 bits per heavy atom. The molecule has 2 rings (SSSR count). The molecule has 7 heteroatoms. The third-order valence-electron chi connectivity index (χ3n) is 2.46. The van der Waals surface area contributed by atoms with E-state index in [-0.39, 0.29) is 4.99 Å². The zero-order chi connectivity index (χ0) is 13.0. The number of rotatable bonds is 5. The van der Waals surface area contributed by atoms with E-state index in [0.29, 0.717) is 18.2 Å². The monoisotopic (exact) mass is 262 g/mol. The Balaban J connectivity index is 1.92. The van der Waals surface area contributed by atoms with Crippen LogP contribution in [0.1, 0.15) is 11.5 Å². The molecule has 0 atom stereocenters. The maximum atomic E-state index is 5.51. The van der Waals surface area contributed by atoms with Crippen LogP contribution in [0.4, 0.5) is 5.95 Å². The smallest absolute Gasteiger partial charge is 0.223 e. The Hall–Kier alpha value is -2.02. The molecule has 0 fully saturated rings. The highest BCUT2D eigenvalue weighted by atomic mass is 32.1. The number of aryl methyl sites for hydroxylation is 1. The minimum absolute atomic E-state index is 0.268. The number of nitrogens with one attached hydrogen (secondary N) is 1. The lowest BCUT2D eigenvalue weighted by atomic mass is 10.4. The van der Waals surface area contributed by atoms with Crippen LogP contribution in [0.3, 0.4) is 0 Å². The standard InChI is InChI=1S/C11H14N6S/c1-17-7-6-13-9(17)3-5-15-11-14-4-2-8(16-11)10(12)18/h2,4,6-7H,3,5H2,1H3,(H2,12,18)(H,14,15,16). The van der Waals surface area contributed by atoms with Gasteiger partial charge in [0.25, 0.3) is 0 Å². The highest BCUT2D eigenvalue weighted by Gasteiger charge is 2.02. The van der Waals surface area contributed by atoms with Gasteiger partial charge in [0.05, 0.1) is 0 Å². The molecule has 2 aromatic heterocycles. The molecule has 6 nitrogen and oxygen atoms in total. The van der Waals surface area contributed by atoms with E-state index < -0.39 is 0 Å². The van der Waals surface area contributed by atoms with Gasteiger partial charge in [-0.2, -0.15) is 0 Å². The Bertz CT molecular complexity index is 550. The third-order valence-corrected chi connectivity index (χ3v) is 2.67. The summed E-state index contributed by atoms with van der Waals surface area (Å²) < 4.78 is 1.98. The van der Waals surface area contributed by atoms with Gasteiger partial charge in [-0.1, -0.05) is 12.2 Å². The van der Waals surface area contributed by atoms with E-state index in [1.807, 2.05) is 17.8 Å². The highest BCUT2D eigenvalue weighted by Crippen LogP contribution is 2.01. The fourth-order valence-electron chi connectivity index (χ4n) is 1.50. The first-order chi connectivity index (χ1) is 8.66. The second-order valence-corrected chi connectivity index (χ2v) is 4.20. The molecule has 0 amide bonds. The van der Waals surface area contributed by atoms with Crippen LogP contribution in [0.15, 0.2) is 24.7 Å². The van der Waals surface area contributed by atoms with Crippen LogP contribution in [0.5, 0.6) is 0 Å². The van der Waals surface area contributed by atoms with Gasteiger partial charge in [0.1, 0.15) is 16.5 Å². The molecule has 3 N–H and O–H groups in total. The van der Waals surface area contributed by atoms with Crippen LogP contribution in [0.2, 0.25) is 0 Å². The van der Waals surface area contributed by atoms with E-state index in [4.69, 9.17) is 18.0 Å². The summed E-state index contributed by atoms with van der Waals surface area (Å²) in [5, 5.41) is 3.11. The quantitative estimate of drug-likeness (QED) is 0.764. The first-order valence-corrected chi connectivity index (χ1v) is 5.90. The molecule has 0 saturated heterocycles. The number of thiocarbonyl (C=S) groups is 1. The minimum Gasteiger partial charge on any atom is -0.388 e. The molecule has 2 aromatic rings. The lowest BCUT2D eigenvalue weighted by Gasteiger charge is -2.05. The molecular weight excluding hydrogens is 248 g/mol. The third kappa shape index (κ3) is 3.01. The van der Waals surface area contributed by atoms with Crippen molar-refractivity contribution in [2.75, 3.05) is 11.9 Å². The molecule has 0 saturated carbocycles. The lowest BCUT2D eigenvalue weighted by molar-refractivity contribution is 0.787. The zero-order valence-electron chi connectivity index (χ0n) is 10.00. The summed E-state index contributed by atoms with van der Waals surface area (Å²) in [6.07, 6.45) is 6.12. The summed E-state index contributed by atoms with van der Waals surface area (Å²) in [5.41, 5.74) is 6.08. The Labute approximate surface area is 110 Å². The van der Waals surface area contributed by atoms with Crippen molar-refractivity contribution in [3.63, 3.8) is 0 Å². The topological polar surface area (TPSA) is 81.7 Å². The molecular formula is C11H14N6S. The van der Waals surface area contributed by atoms with Crippen LogP contribution in [0, 0.1) is 0 Å². The first kappa shape index (κ1) is 12.4. The number of hydrogen-bond donors (Lipinski definition) is 2. The van der Waals surface area contributed by atoms with Gasteiger partial charge in [-0.3, -0.25) is 0 Å². The maximum Gasteiger partial charge on any atom is 0.223 e. The average Bonchev–Trinajstić information content (AvgIpc) is 2.76. The van der Waals surface area contributed by atoms with Gasteiger partial charge in [-0.15, -0.1) is 0 Å². The van der Waals surface area contributed by atoms with Crippen LogP contribution in [-0.2, 0) is 13.5 Å². The van der Waals surface area contributed by atoms with E-state index in [9.17, 15) is 0 Å². The van der Waals surface area contributed by atoms with Crippen molar-refractivity contribution >= 4 is 23.2 Å². The van der Waals surface area contributed by atoms with Crippen molar-refractivity contribution in [1.82, 2.24) is 19.5 Å². The van der Waals surface area contributed by atoms with E-state index >= 15 is 0 Å². The van der Waals surface area contributed by atoms with Crippen LogP contribution < -0.4 is 11.1 Å². The molecule has 18 heavy (non-hydrogen) atoms. The van der Waals surface area contributed by atoms with Gasteiger partial charge in [0, 0.05) is 38.6 Å². The van der Waals surface area contributed by atoms with Gasteiger partial charge in [-0.25, -0.2) is 15.0 Å². The SMILES string of the molecule is Cn1ccnc1CCNc1nccc(C(N)=S)n1. The fourth-order valence-corrected chi connectivity index (χ4v) is 1.62. The van der Waals surface area contributed by atoms with Gasteiger partial charge >= 0.3 is 0 Å². The Kier molecular flexibility index (Phi) is 3.83. The Morgan fingerprint density at radius 1 is 1.44 bits per heavy atom. The van der Waals surface area contributed by atoms with E-state index in [1.54, 1.807) is 18.5 Å². The number of nitrogens with zero attached hydrogens (tertiary/aromatic N) is 4. The van der Waals surface area contributed by atoms with E-state index in [0.717, 1.165) is 12.2 Å². The second-order valence-electron chi connectivity index (χ2n) is 3.76. The van der Waals surface area contributed by atoms with Gasteiger partial charge in [-0.05, 0) is 6.07 Å². The summed E-state index contributed by atoms with van der Waals surface area (Å²) in [6, 6.07) is 1.69. The molecule has 0 radical (unpaired) electrons. The number of hydrogen-bond acceptors (Lipinski definition) is 5. The molecule has 0 aliphatic carbocycles. The van der Waals surface area contributed by atoms with Crippen molar-refractivity contribution in [3.8, 4) is 0 Å². The maximum absolute atomic E-state index is 5.51. The normalized spacial score (nSPS) is 10.3. The molecule has 0 bridgehead atoms. The summed E-state index contributed by atoms with van der Waals surface area (Å²) in [7, 11) is 1.96. The molecule has 0 unspecified atom stereocenters. The van der Waals surface area contributed by atoms with Crippen molar-refractivity contribution in [2.24, 2.45) is 12.8 Å². The fraction of sp³-hybridized carbons (Fsp3) is 0.273. The Morgan fingerprint density at radius 2 is 2.28 bits per heavy atom. The van der Waals surface area contributed by atoms with E-state index in [2.05, 4.69) is 20.3 Å². The zero-order valence-corrected chi connectivity index (χ0v) is 10.8. The summed E-state index contributed by atoms with van der Waals surface area (Å²) in [4.78, 5) is 12.8. The van der Waals surface area contributed by atoms with Crippen molar-refractivity contribution in [2.45, 2.75) is 6.42 Å². The first-order valence-electron chi connectivity index (χ1n) is 5.50. The highest BCUT2D eigenvalue weighted by molar-refractivity contribution is 7.80. The molecule has 94 valence electrons. The largest absolute Gasteiger partial charge is 0.388 e. The predicted molar refractivity (Wildman–Crippen MR) is 73.3 cm³/mol. The van der Waals surface area contributed by atoms with Gasteiger partial charge in [0.2, 0.25) is 5.95 Å². The van der Waals surface area contributed by atoms with Crippen molar-refractivity contribution in [1.29, 1.82) is 0 Å². The molecule has 0 aliphatic rings. The summed E-state index contributed by atoms with van der Waals surface area (Å²) in [6.45, 7) is 0.700. The minimum atomic E-state index is 0.268. The molecule has 2 heterocycles. The second kappa shape index (κ2) is 5.54. The van der Waals surface area contributed by atoms with Gasteiger partial charge < -0.3 is 15.6 Å².